The second kappa shape index (κ2) is 7.88. The second-order valence-corrected chi connectivity index (χ2v) is 8.22. The molecule has 2 nitrogen and oxygen atoms in total. The minimum absolute atomic E-state index is 0.214. The van der Waals surface area contributed by atoms with Gasteiger partial charge in [-0.2, -0.15) is 0 Å². The summed E-state index contributed by atoms with van der Waals surface area (Å²) < 4.78 is 2.51. The molecular formula is C27H27NO. The molecular weight excluding hydrogens is 354 g/mol. The molecule has 1 unspecified atom stereocenters. The molecule has 0 aliphatic heterocycles. The van der Waals surface area contributed by atoms with Crippen molar-refractivity contribution in [1.82, 2.24) is 4.57 Å². The number of hydrogen-bond donors (Lipinski definition) is 1. The molecule has 1 atom stereocenters. The Hall–Kier alpha value is -2.84. The van der Waals surface area contributed by atoms with Gasteiger partial charge in [0.05, 0.1) is 6.10 Å². The molecule has 0 spiro atoms. The number of nitrogens with zero attached hydrogens (tertiary/aromatic N) is 1. The third-order valence-corrected chi connectivity index (χ3v) is 6.22. The van der Waals surface area contributed by atoms with Crippen LogP contribution in [-0.4, -0.2) is 15.8 Å². The van der Waals surface area contributed by atoms with E-state index in [4.69, 9.17) is 0 Å². The lowest BCUT2D eigenvalue weighted by molar-refractivity contribution is 0.158. The monoisotopic (exact) mass is 381 g/mol. The molecule has 146 valence electrons. The molecule has 1 aromatic heterocycles. The van der Waals surface area contributed by atoms with Crippen molar-refractivity contribution in [3.63, 3.8) is 0 Å². The number of aliphatic hydroxyl groups is 1. The zero-order valence-corrected chi connectivity index (χ0v) is 16.7. The third kappa shape index (κ3) is 3.73. The molecule has 1 aliphatic rings. The standard InChI is InChI=1S/C27H27NO/c29-23-12-14-27-25(19-23)24-18-22(17-21-9-5-2-6-10-21)11-13-26(24)28(27)16-15-20-7-3-1-4-8-20/h1-11,13,18,23,29H,12,14-17,19H2. The van der Waals surface area contributed by atoms with Crippen molar-refractivity contribution < 1.29 is 5.11 Å². The molecule has 0 saturated carbocycles. The van der Waals surface area contributed by atoms with Crippen molar-refractivity contribution in [2.75, 3.05) is 0 Å². The highest BCUT2D eigenvalue weighted by molar-refractivity contribution is 5.86. The van der Waals surface area contributed by atoms with Gasteiger partial charge in [-0.1, -0.05) is 66.7 Å². The molecule has 29 heavy (non-hydrogen) atoms. The Kier molecular flexibility index (Phi) is 4.95. The maximum Gasteiger partial charge on any atom is 0.0585 e. The Morgan fingerprint density at radius 3 is 2.31 bits per heavy atom. The Balaban J connectivity index is 1.52. The number of fused-ring (bicyclic) bond motifs is 3. The predicted molar refractivity (Wildman–Crippen MR) is 119 cm³/mol. The summed E-state index contributed by atoms with van der Waals surface area (Å²) in [5.41, 5.74) is 8.16. The molecule has 1 heterocycles. The zero-order chi connectivity index (χ0) is 19.6. The molecule has 4 aromatic rings. The fourth-order valence-electron chi connectivity index (χ4n) is 4.76. The van der Waals surface area contributed by atoms with Crippen molar-refractivity contribution in [3.05, 3.63) is 107 Å². The van der Waals surface area contributed by atoms with Gasteiger partial charge in [-0.05, 0) is 60.1 Å². The Morgan fingerprint density at radius 1 is 0.828 bits per heavy atom. The van der Waals surface area contributed by atoms with Crippen LogP contribution in [0.2, 0.25) is 0 Å². The third-order valence-electron chi connectivity index (χ3n) is 6.22. The van der Waals surface area contributed by atoms with E-state index < -0.39 is 0 Å². The van der Waals surface area contributed by atoms with Crippen LogP contribution in [0.1, 0.15) is 34.4 Å². The predicted octanol–water partition coefficient (Wildman–Crippen LogP) is 5.32. The van der Waals surface area contributed by atoms with Crippen LogP contribution >= 0.6 is 0 Å². The Bertz CT molecular complexity index is 1110. The number of hydrogen-bond acceptors (Lipinski definition) is 1. The minimum atomic E-state index is -0.214. The summed E-state index contributed by atoms with van der Waals surface area (Å²) in [5, 5.41) is 11.7. The summed E-state index contributed by atoms with van der Waals surface area (Å²) in [4.78, 5) is 0. The van der Waals surface area contributed by atoms with Crippen LogP contribution in [0.25, 0.3) is 10.9 Å². The van der Waals surface area contributed by atoms with Gasteiger partial charge < -0.3 is 9.67 Å². The lowest BCUT2D eigenvalue weighted by atomic mass is 9.92. The molecule has 1 aliphatic carbocycles. The van der Waals surface area contributed by atoms with Crippen LogP contribution < -0.4 is 0 Å². The van der Waals surface area contributed by atoms with Crippen LogP contribution in [0.3, 0.4) is 0 Å². The summed E-state index contributed by atoms with van der Waals surface area (Å²) in [6.45, 7) is 0.990. The van der Waals surface area contributed by atoms with E-state index in [1.54, 1.807) is 0 Å². The average molecular weight is 382 g/mol. The topological polar surface area (TPSA) is 25.2 Å². The first kappa shape index (κ1) is 18.2. The Morgan fingerprint density at radius 2 is 1.55 bits per heavy atom. The lowest BCUT2D eigenvalue weighted by Crippen LogP contribution is -2.20. The summed E-state index contributed by atoms with van der Waals surface area (Å²) >= 11 is 0. The fourth-order valence-corrected chi connectivity index (χ4v) is 4.76. The summed E-state index contributed by atoms with van der Waals surface area (Å²) in [6, 6.07) is 28.3. The lowest BCUT2D eigenvalue weighted by Gasteiger charge is -2.20. The normalized spacial score (nSPS) is 16.1. The van der Waals surface area contributed by atoms with Crippen LogP contribution in [-0.2, 0) is 32.2 Å². The van der Waals surface area contributed by atoms with Gasteiger partial charge in [-0.15, -0.1) is 0 Å². The molecule has 0 bridgehead atoms. The average Bonchev–Trinajstić information content (AvgIpc) is 3.06. The van der Waals surface area contributed by atoms with E-state index in [0.29, 0.717) is 0 Å². The van der Waals surface area contributed by atoms with Crippen LogP contribution in [0, 0.1) is 0 Å². The van der Waals surface area contributed by atoms with Gasteiger partial charge >= 0.3 is 0 Å². The number of aromatic nitrogens is 1. The number of rotatable bonds is 5. The highest BCUT2D eigenvalue weighted by Gasteiger charge is 2.24. The van der Waals surface area contributed by atoms with Crippen molar-refractivity contribution in [2.24, 2.45) is 0 Å². The first-order valence-corrected chi connectivity index (χ1v) is 10.7. The summed E-state index contributed by atoms with van der Waals surface area (Å²) in [5.74, 6) is 0. The fraction of sp³-hybridized carbons (Fsp3) is 0.259. The van der Waals surface area contributed by atoms with Crippen LogP contribution in [0.4, 0.5) is 0 Å². The Labute approximate surface area is 172 Å². The van der Waals surface area contributed by atoms with E-state index in [1.807, 2.05) is 0 Å². The van der Waals surface area contributed by atoms with Crippen molar-refractivity contribution in [1.29, 1.82) is 0 Å². The molecule has 0 fully saturated rings. The molecule has 0 saturated heterocycles. The van der Waals surface area contributed by atoms with Gasteiger partial charge in [0.1, 0.15) is 0 Å². The van der Waals surface area contributed by atoms with Crippen molar-refractivity contribution in [2.45, 2.75) is 44.8 Å². The van der Waals surface area contributed by atoms with Gasteiger partial charge in [-0.25, -0.2) is 0 Å². The van der Waals surface area contributed by atoms with Gasteiger partial charge in [0.25, 0.3) is 0 Å². The smallest absolute Gasteiger partial charge is 0.0585 e. The zero-order valence-electron chi connectivity index (χ0n) is 16.7. The molecule has 0 radical (unpaired) electrons. The maximum absolute atomic E-state index is 10.3. The highest BCUT2D eigenvalue weighted by Crippen LogP contribution is 2.33. The number of aliphatic hydroxyl groups excluding tert-OH is 1. The van der Waals surface area contributed by atoms with E-state index >= 15 is 0 Å². The van der Waals surface area contributed by atoms with Crippen molar-refractivity contribution in [3.8, 4) is 0 Å². The number of aryl methyl sites for hydroxylation is 2. The summed E-state index contributed by atoms with van der Waals surface area (Å²) in [7, 11) is 0. The first-order valence-electron chi connectivity index (χ1n) is 10.7. The van der Waals surface area contributed by atoms with Gasteiger partial charge in [0.2, 0.25) is 0 Å². The van der Waals surface area contributed by atoms with E-state index in [0.717, 1.165) is 38.6 Å². The van der Waals surface area contributed by atoms with Gasteiger partial charge in [-0.3, -0.25) is 0 Å². The van der Waals surface area contributed by atoms with Gasteiger partial charge in [0, 0.05) is 29.6 Å². The quantitative estimate of drug-likeness (QED) is 0.497. The van der Waals surface area contributed by atoms with Crippen LogP contribution in [0.5, 0.6) is 0 Å². The molecule has 5 rings (SSSR count). The van der Waals surface area contributed by atoms with Crippen molar-refractivity contribution >= 4 is 10.9 Å². The van der Waals surface area contributed by atoms with Crippen LogP contribution in [0.15, 0.2) is 78.9 Å². The van der Waals surface area contributed by atoms with E-state index in [9.17, 15) is 5.11 Å². The maximum atomic E-state index is 10.3. The second-order valence-electron chi connectivity index (χ2n) is 8.22. The van der Waals surface area contributed by atoms with E-state index in [2.05, 4.69) is 83.4 Å². The molecule has 1 N–H and O–H groups in total. The SMILES string of the molecule is OC1CCc2c(c3cc(Cc4ccccc4)ccc3n2CCc2ccccc2)C1. The highest BCUT2D eigenvalue weighted by atomic mass is 16.3. The first-order chi connectivity index (χ1) is 14.3. The van der Waals surface area contributed by atoms with E-state index in [-0.39, 0.29) is 6.10 Å². The van der Waals surface area contributed by atoms with E-state index in [1.165, 1.54) is 38.9 Å². The molecule has 0 amide bonds. The molecule has 3 aromatic carbocycles. The largest absolute Gasteiger partial charge is 0.393 e. The molecule has 2 heteroatoms. The summed E-state index contributed by atoms with van der Waals surface area (Å²) in [6.07, 6.45) is 4.38. The van der Waals surface area contributed by atoms with Gasteiger partial charge in [0.15, 0.2) is 0 Å². The number of benzene rings is 3. The minimum Gasteiger partial charge on any atom is -0.393 e.